The maximum atomic E-state index is 6.45. The van der Waals surface area contributed by atoms with Crippen LogP contribution in [0.15, 0.2) is 162 Å². The molecule has 0 bridgehead atoms. The molecule has 2 aliphatic heterocycles. The van der Waals surface area contributed by atoms with E-state index in [1.54, 1.807) is 0 Å². The number of hydrogen-bond acceptors (Lipinski definition) is 3. The summed E-state index contributed by atoms with van der Waals surface area (Å²) in [5, 5.41) is 2.28. The summed E-state index contributed by atoms with van der Waals surface area (Å²) < 4.78 is 6.45. The van der Waals surface area contributed by atoms with Crippen LogP contribution in [-0.4, -0.2) is 12.8 Å². The van der Waals surface area contributed by atoms with E-state index in [0.717, 1.165) is 65.3 Å². The Morgan fingerprint density at radius 1 is 0.949 bits per heavy atom. The second-order valence-electron chi connectivity index (χ2n) is 16.6. The molecule has 3 heterocycles. The molecule has 4 aliphatic rings. The van der Waals surface area contributed by atoms with Crippen molar-refractivity contribution in [2.24, 2.45) is 0 Å². The molecule has 3 nitrogen and oxygen atoms in total. The Morgan fingerprint density at radius 2 is 1.78 bits per heavy atom. The summed E-state index contributed by atoms with van der Waals surface area (Å²) in [7, 11) is 0. The minimum Gasteiger partial charge on any atom is -0.456 e. The van der Waals surface area contributed by atoms with Gasteiger partial charge in [0.15, 0.2) is 0 Å². The lowest BCUT2D eigenvalue weighted by molar-refractivity contribution is 0.608. The summed E-state index contributed by atoms with van der Waals surface area (Å²) in [6.07, 6.45) is 19.5. The van der Waals surface area contributed by atoms with Crippen LogP contribution in [-0.2, 0) is 0 Å². The number of benzene rings is 5. The lowest BCUT2D eigenvalue weighted by Crippen LogP contribution is -2.58. The number of furan rings is 1. The van der Waals surface area contributed by atoms with Gasteiger partial charge in [-0.15, -0.1) is 0 Å². The SMILES string of the molecule is C=C/C=C\c1c(C)c(/C(C)=C/CC(C(=C)C)c2ccc3c(c2)N(c2ccccc2)c2cccc4c2B3C2=C(CCC#C2)N4C2C=CCCC2)cc2oc3ccccc3c12. The Morgan fingerprint density at radius 3 is 2.59 bits per heavy atom. The summed E-state index contributed by atoms with van der Waals surface area (Å²) in [5.74, 6) is 7.40. The molecule has 1 aromatic heterocycles. The molecular formula is C55H49BN2O. The van der Waals surface area contributed by atoms with Crippen LogP contribution in [0, 0.1) is 18.8 Å². The fraction of sp³-hybridized carbons (Fsp3) is 0.200. The average Bonchev–Trinajstić information content (AvgIpc) is 3.64. The molecule has 0 N–H and O–H groups in total. The zero-order chi connectivity index (χ0) is 40.2. The van der Waals surface area contributed by atoms with Crippen molar-refractivity contribution >= 4 is 74.0 Å². The number of rotatable bonds is 9. The minimum atomic E-state index is 0.0859. The highest BCUT2D eigenvalue weighted by atomic mass is 16.3. The standard InChI is InChI=1S/C55H49BN2O/c1-6-7-23-43-38(5)45(35-53-54(43)44-24-14-17-29-52(44)59-53)37(4)30-32-42(36(2)3)39-31-33-47-51(34-39)58(41-21-12-9-13-22-41)50-28-18-27-49-55(50)56(47)46-25-15-16-26-48(46)57(49)40-19-10-8-11-20-40/h6-7,9-10,12-14,17-19,21-24,27-31,33-35,40,42H,1-2,8,11,16,20,26,32H2,3-5H3/b23-7-,37-30+. The van der Waals surface area contributed by atoms with Gasteiger partial charge in [0.1, 0.15) is 11.2 Å². The first-order chi connectivity index (χ1) is 28.9. The predicted molar refractivity (Wildman–Crippen MR) is 253 cm³/mol. The zero-order valence-electron chi connectivity index (χ0n) is 34.4. The molecule has 59 heavy (non-hydrogen) atoms. The largest absolute Gasteiger partial charge is 0.456 e. The number of nitrogens with zero attached hydrogens (tertiary/aromatic N) is 2. The Balaban J connectivity index is 1.08. The van der Waals surface area contributed by atoms with E-state index in [4.69, 9.17) is 4.42 Å². The first-order valence-corrected chi connectivity index (χ1v) is 21.3. The van der Waals surface area contributed by atoms with Crippen LogP contribution >= 0.6 is 0 Å². The molecule has 2 atom stereocenters. The maximum Gasteiger partial charge on any atom is 0.262 e. The Kier molecular flexibility index (Phi) is 9.41. The third-order valence-corrected chi connectivity index (χ3v) is 13.1. The summed E-state index contributed by atoms with van der Waals surface area (Å²) in [6.45, 7) is 15.3. The topological polar surface area (TPSA) is 19.6 Å². The van der Waals surface area contributed by atoms with Crippen LogP contribution in [0.1, 0.15) is 80.5 Å². The number of para-hydroxylation sites is 2. The van der Waals surface area contributed by atoms with Gasteiger partial charge >= 0.3 is 0 Å². The molecule has 5 aromatic carbocycles. The van der Waals surface area contributed by atoms with Crippen LogP contribution in [0.3, 0.4) is 0 Å². The van der Waals surface area contributed by atoms with Gasteiger partial charge in [-0.3, -0.25) is 0 Å². The first kappa shape index (κ1) is 36.9. The molecule has 0 fully saturated rings. The van der Waals surface area contributed by atoms with E-state index < -0.39 is 0 Å². The molecule has 288 valence electrons. The van der Waals surface area contributed by atoms with Crippen LogP contribution in [0.5, 0.6) is 0 Å². The van der Waals surface area contributed by atoms with E-state index in [1.807, 2.05) is 18.2 Å². The highest BCUT2D eigenvalue weighted by Crippen LogP contribution is 2.46. The van der Waals surface area contributed by atoms with Crippen molar-refractivity contribution in [3.8, 4) is 11.8 Å². The molecule has 10 rings (SSSR count). The molecule has 0 saturated heterocycles. The quantitative estimate of drug-likeness (QED) is 0.0633. The third-order valence-electron chi connectivity index (χ3n) is 13.1. The third kappa shape index (κ3) is 6.15. The zero-order valence-corrected chi connectivity index (χ0v) is 34.4. The second-order valence-corrected chi connectivity index (χ2v) is 16.6. The fourth-order valence-electron chi connectivity index (χ4n) is 10.3. The van der Waals surface area contributed by atoms with E-state index >= 15 is 0 Å². The minimum absolute atomic E-state index is 0.0859. The maximum absolute atomic E-state index is 6.45. The monoisotopic (exact) mass is 764 g/mol. The van der Waals surface area contributed by atoms with Crippen molar-refractivity contribution in [3.63, 3.8) is 0 Å². The van der Waals surface area contributed by atoms with Crippen molar-refractivity contribution in [1.82, 2.24) is 0 Å². The number of hydrogen-bond donors (Lipinski definition) is 0. The van der Waals surface area contributed by atoms with Crippen LogP contribution in [0.25, 0.3) is 33.6 Å². The van der Waals surface area contributed by atoms with Crippen LogP contribution in [0.2, 0.25) is 0 Å². The fourth-order valence-corrected chi connectivity index (χ4v) is 10.3. The number of anilines is 4. The molecular weight excluding hydrogens is 715 g/mol. The van der Waals surface area contributed by atoms with Crippen LogP contribution < -0.4 is 20.7 Å². The van der Waals surface area contributed by atoms with E-state index in [2.05, 4.69) is 171 Å². The van der Waals surface area contributed by atoms with Gasteiger partial charge in [0.05, 0.1) is 6.04 Å². The number of fused-ring (bicyclic) bond motifs is 6. The molecule has 0 saturated carbocycles. The molecule has 0 spiro atoms. The van der Waals surface area contributed by atoms with Gasteiger partial charge in [0, 0.05) is 51.6 Å². The molecule has 6 aromatic rings. The lowest BCUT2D eigenvalue weighted by Gasteiger charge is -2.47. The van der Waals surface area contributed by atoms with Gasteiger partial charge in [-0.2, -0.15) is 0 Å². The Hall–Kier alpha value is -6.44. The lowest BCUT2D eigenvalue weighted by atomic mass is 9.32. The summed E-state index contributed by atoms with van der Waals surface area (Å²) in [6, 6.07) is 36.0. The summed E-state index contributed by atoms with van der Waals surface area (Å²) in [4.78, 5) is 5.17. The number of allylic oxidation sites excluding steroid dienone is 8. The first-order valence-electron chi connectivity index (χ1n) is 21.3. The van der Waals surface area contributed by atoms with Crippen molar-refractivity contribution in [2.45, 2.75) is 71.3 Å². The molecule has 0 amide bonds. The van der Waals surface area contributed by atoms with Crippen LogP contribution in [0.4, 0.5) is 22.7 Å². The van der Waals surface area contributed by atoms with Gasteiger partial charge in [0.25, 0.3) is 6.71 Å². The van der Waals surface area contributed by atoms with E-state index in [9.17, 15) is 0 Å². The van der Waals surface area contributed by atoms with Gasteiger partial charge in [-0.05, 0) is 140 Å². The Labute approximate surface area is 349 Å². The van der Waals surface area contributed by atoms with Gasteiger partial charge in [0.2, 0.25) is 0 Å². The van der Waals surface area contributed by atoms with E-state index in [-0.39, 0.29) is 12.6 Å². The molecule has 4 heteroatoms. The highest BCUT2D eigenvalue weighted by Gasteiger charge is 2.45. The van der Waals surface area contributed by atoms with E-state index in [0.29, 0.717) is 6.04 Å². The predicted octanol–water partition coefficient (Wildman–Crippen LogP) is 13.2. The normalized spacial score (nSPS) is 17.5. The second kappa shape index (κ2) is 15.1. The van der Waals surface area contributed by atoms with Gasteiger partial charge in [-0.1, -0.05) is 122 Å². The summed E-state index contributed by atoms with van der Waals surface area (Å²) in [5.41, 5.74) is 19.4. The smallest absolute Gasteiger partial charge is 0.262 e. The van der Waals surface area contributed by atoms with Crippen molar-refractivity contribution in [1.29, 1.82) is 0 Å². The van der Waals surface area contributed by atoms with Crippen molar-refractivity contribution < 1.29 is 4.42 Å². The van der Waals surface area contributed by atoms with Crippen molar-refractivity contribution in [3.05, 3.63) is 180 Å². The Bertz CT molecular complexity index is 2890. The molecule has 2 aliphatic carbocycles. The van der Waals surface area contributed by atoms with E-state index in [1.165, 1.54) is 73.4 Å². The molecule has 0 radical (unpaired) electrons. The van der Waals surface area contributed by atoms with Crippen molar-refractivity contribution in [2.75, 3.05) is 9.80 Å². The highest BCUT2D eigenvalue weighted by molar-refractivity contribution is 6.95. The van der Waals surface area contributed by atoms with Gasteiger partial charge in [-0.25, -0.2) is 0 Å². The molecule has 2 unspecified atom stereocenters. The van der Waals surface area contributed by atoms with Gasteiger partial charge < -0.3 is 14.2 Å². The average molecular weight is 765 g/mol. The summed E-state index contributed by atoms with van der Waals surface area (Å²) >= 11 is 0.